The minimum Gasteiger partial charge on any atom is -0.386 e. The largest absolute Gasteiger partial charge is 0.386 e. The minimum absolute atomic E-state index is 0.321. The lowest BCUT2D eigenvalue weighted by atomic mass is 10.0. The summed E-state index contributed by atoms with van der Waals surface area (Å²) in [7, 11) is 0. The van der Waals surface area contributed by atoms with Crippen LogP contribution in [0.2, 0.25) is 0 Å². The topological polar surface area (TPSA) is 43.4 Å². The van der Waals surface area contributed by atoms with E-state index in [0.29, 0.717) is 11.1 Å². The van der Waals surface area contributed by atoms with Crippen molar-refractivity contribution in [2.24, 2.45) is 0 Å². The van der Waals surface area contributed by atoms with Crippen LogP contribution in [0.4, 0.5) is 0 Å². The van der Waals surface area contributed by atoms with Crippen molar-refractivity contribution in [1.29, 1.82) is 0 Å². The summed E-state index contributed by atoms with van der Waals surface area (Å²) in [5.41, 5.74) is 0.641. The average Bonchev–Trinajstić information content (AvgIpc) is 2.58. The van der Waals surface area contributed by atoms with Gasteiger partial charge in [0.25, 0.3) is 0 Å². The average molecular weight is 356 g/mol. The molecule has 2 aromatic carbocycles. The van der Waals surface area contributed by atoms with Gasteiger partial charge in [0.2, 0.25) is 0 Å². The van der Waals surface area contributed by atoms with E-state index in [0.717, 1.165) is 19.7 Å². The Morgan fingerprint density at radius 1 is 0.824 bits per heavy atom. The Morgan fingerprint density at radius 2 is 1.24 bits per heavy atom. The van der Waals surface area contributed by atoms with E-state index in [1.165, 1.54) is 0 Å². The van der Waals surface area contributed by atoms with Gasteiger partial charge < -0.3 is 4.74 Å². The molecule has 1 aliphatic heterocycles. The van der Waals surface area contributed by atoms with Crippen LogP contribution in [0, 0.1) is 0 Å². The van der Waals surface area contributed by atoms with E-state index in [-0.39, 0.29) is 0 Å². The van der Waals surface area contributed by atoms with Crippen LogP contribution in [-0.4, -0.2) is 11.9 Å². The van der Waals surface area contributed by atoms with E-state index in [2.05, 4.69) is 36.6 Å². The summed E-state index contributed by atoms with van der Waals surface area (Å²) >= 11 is 6.83. The zero-order valence-electron chi connectivity index (χ0n) is 8.29. The highest BCUT2D eigenvalue weighted by atomic mass is 79.9. The third-order valence-corrected chi connectivity index (χ3v) is 4.06. The van der Waals surface area contributed by atoms with Crippen LogP contribution in [0.25, 0.3) is 10.8 Å². The van der Waals surface area contributed by atoms with Crippen molar-refractivity contribution in [3.63, 3.8) is 0 Å². The highest BCUT2D eigenvalue weighted by Crippen LogP contribution is 2.34. The van der Waals surface area contributed by atoms with E-state index >= 15 is 0 Å². The summed E-state index contributed by atoms with van der Waals surface area (Å²) in [6.07, 6.45) is 0. The molecular weight excluding hydrogens is 352 g/mol. The van der Waals surface area contributed by atoms with Crippen LogP contribution in [0.5, 0.6) is 0 Å². The lowest BCUT2D eigenvalue weighted by Gasteiger charge is -2.04. The molecule has 84 valence electrons. The Morgan fingerprint density at radius 3 is 1.65 bits per heavy atom. The third kappa shape index (κ3) is 1.53. The monoisotopic (exact) mass is 354 g/mol. The van der Waals surface area contributed by atoms with E-state index in [9.17, 15) is 9.59 Å². The molecule has 0 saturated heterocycles. The molecule has 0 N–H and O–H groups in total. The minimum atomic E-state index is -0.584. The van der Waals surface area contributed by atoms with Gasteiger partial charge in [-0.15, -0.1) is 0 Å². The first kappa shape index (κ1) is 10.9. The Hall–Kier alpha value is -1.20. The summed E-state index contributed by atoms with van der Waals surface area (Å²) < 4.78 is 6.31. The van der Waals surface area contributed by atoms with Crippen LogP contribution in [0.15, 0.2) is 33.2 Å². The lowest BCUT2D eigenvalue weighted by Crippen LogP contribution is -1.96. The summed E-state index contributed by atoms with van der Waals surface area (Å²) in [5, 5.41) is 1.73. The fourth-order valence-electron chi connectivity index (χ4n) is 1.85. The maximum atomic E-state index is 11.4. The van der Waals surface area contributed by atoms with Gasteiger partial charge in [0.15, 0.2) is 0 Å². The fourth-order valence-corrected chi connectivity index (χ4v) is 2.77. The number of carbonyl (C=O) groups excluding carboxylic acids is 2. The number of hydrogen-bond acceptors (Lipinski definition) is 3. The smallest absolute Gasteiger partial charge is 0.346 e. The first-order valence-corrected chi connectivity index (χ1v) is 6.35. The van der Waals surface area contributed by atoms with Gasteiger partial charge in [-0.25, -0.2) is 9.59 Å². The Bertz CT molecular complexity index is 633. The summed E-state index contributed by atoms with van der Waals surface area (Å²) in [5.74, 6) is -1.17. The van der Waals surface area contributed by atoms with E-state index in [4.69, 9.17) is 0 Å². The van der Waals surface area contributed by atoms with Gasteiger partial charge in [0.1, 0.15) is 0 Å². The number of ether oxygens (including phenoxy) is 1. The summed E-state index contributed by atoms with van der Waals surface area (Å²) in [4.78, 5) is 22.9. The molecule has 0 aromatic heterocycles. The van der Waals surface area contributed by atoms with Gasteiger partial charge in [-0.3, -0.25) is 0 Å². The van der Waals surface area contributed by atoms with Crippen molar-refractivity contribution in [1.82, 2.24) is 0 Å². The molecule has 0 fully saturated rings. The molecule has 0 unspecified atom stereocenters. The maximum absolute atomic E-state index is 11.4. The molecule has 0 aliphatic carbocycles. The normalized spacial score (nSPS) is 14.0. The predicted octanol–water partition coefficient (Wildman–Crippen LogP) is 3.68. The maximum Gasteiger partial charge on any atom is 0.346 e. The second-order valence-corrected chi connectivity index (χ2v) is 5.36. The SMILES string of the molecule is O=C1OC(=O)c2cc3c(Br)ccc(Br)c3cc21. The van der Waals surface area contributed by atoms with Gasteiger partial charge in [-0.2, -0.15) is 0 Å². The molecule has 1 aliphatic rings. The molecule has 3 rings (SSSR count). The number of carbonyl (C=O) groups is 2. The van der Waals surface area contributed by atoms with Gasteiger partial charge in [-0.1, -0.05) is 31.9 Å². The molecule has 17 heavy (non-hydrogen) atoms. The van der Waals surface area contributed by atoms with Crippen LogP contribution < -0.4 is 0 Å². The molecule has 0 atom stereocenters. The molecule has 3 nitrogen and oxygen atoms in total. The zero-order chi connectivity index (χ0) is 12.2. The number of esters is 2. The quantitative estimate of drug-likeness (QED) is 0.535. The zero-order valence-corrected chi connectivity index (χ0v) is 11.5. The standard InChI is InChI=1S/C12H4Br2O3/c13-9-1-2-10(14)6-4-8-7(3-5(6)9)11(15)17-12(8)16/h1-4H. The number of halogens is 2. The molecule has 0 spiro atoms. The Labute approximate surface area is 113 Å². The highest BCUT2D eigenvalue weighted by molar-refractivity contribution is 9.11. The molecule has 5 heteroatoms. The fraction of sp³-hybridized carbons (Fsp3) is 0. The second kappa shape index (κ2) is 3.65. The van der Waals surface area contributed by atoms with Crippen LogP contribution in [0.1, 0.15) is 20.7 Å². The predicted molar refractivity (Wildman–Crippen MR) is 69.1 cm³/mol. The number of benzene rings is 2. The van der Waals surface area contributed by atoms with Crippen molar-refractivity contribution in [3.05, 3.63) is 44.3 Å². The first-order chi connectivity index (χ1) is 8.08. The van der Waals surface area contributed by atoms with Crippen molar-refractivity contribution in [3.8, 4) is 0 Å². The number of cyclic esters (lactones) is 2. The van der Waals surface area contributed by atoms with E-state index in [1.54, 1.807) is 12.1 Å². The van der Waals surface area contributed by atoms with Gasteiger partial charge in [-0.05, 0) is 35.0 Å². The van der Waals surface area contributed by atoms with Crippen LogP contribution in [0.3, 0.4) is 0 Å². The molecule has 0 radical (unpaired) electrons. The molecule has 0 bridgehead atoms. The van der Waals surface area contributed by atoms with Gasteiger partial charge in [0, 0.05) is 8.95 Å². The number of fused-ring (bicyclic) bond motifs is 2. The third-order valence-electron chi connectivity index (χ3n) is 2.67. The van der Waals surface area contributed by atoms with Crippen LogP contribution in [-0.2, 0) is 4.74 Å². The van der Waals surface area contributed by atoms with E-state index in [1.807, 2.05) is 12.1 Å². The van der Waals surface area contributed by atoms with Gasteiger partial charge in [0.05, 0.1) is 11.1 Å². The second-order valence-electron chi connectivity index (χ2n) is 3.65. The number of rotatable bonds is 0. The Kier molecular flexibility index (Phi) is 2.34. The molecule has 0 saturated carbocycles. The lowest BCUT2D eigenvalue weighted by molar-refractivity contribution is 0.0444. The molecule has 1 heterocycles. The number of hydrogen-bond donors (Lipinski definition) is 0. The van der Waals surface area contributed by atoms with Gasteiger partial charge >= 0.3 is 11.9 Å². The van der Waals surface area contributed by atoms with Crippen molar-refractivity contribution < 1.29 is 14.3 Å². The summed E-state index contributed by atoms with van der Waals surface area (Å²) in [6, 6.07) is 7.10. The molecular formula is C12H4Br2O3. The van der Waals surface area contributed by atoms with Crippen molar-refractivity contribution in [2.45, 2.75) is 0 Å². The molecule has 0 amide bonds. The Balaban J connectivity index is 2.47. The molecule has 2 aromatic rings. The highest BCUT2D eigenvalue weighted by Gasteiger charge is 2.30. The van der Waals surface area contributed by atoms with E-state index < -0.39 is 11.9 Å². The van der Waals surface area contributed by atoms with Crippen LogP contribution >= 0.6 is 31.9 Å². The first-order valence-electron chi connectivity index (χ1n) is 4.76. The van der Waals surface area contributed by atoms with Crippen molar-refractivity contribution in [2.75, 3.05) is 0 Å². The van der Waals surface area contributed by atoms with Crippen molar-refractivity contribution >= 4 is 54.6 Å². The summed E-state index contributed by atoms with van der Waals surface area (Å²) in [6.45, 7) is 0.